The van der Waals surface area contributed by atoms with E-state index in [-0.39, 0.29) is 12.4 Å². The average Bonchev–Trinajstić information content (AvgIpc) is 2.75. The third-order valence-electron chi connectivity index (χ3n) is 5.44. The highest BCUT2D eigenvalue weighted by Crippen LogP contribution is 2.22. The molecule has 0 unspecified atom stereocenters. The summed E-state index contributed by atoms with van der Waals surface area (Å²) in [5.41, 5.74) is 0.678. The van der Waals surface area contributed by atoms with Crippen LogP contribution in [0.15, 0.2) is 23.2 Å². The molecule has 0 amide bonds. The van der Waals surface area contributed by atoms with E-state index in [2.05, 4.69) is 11.9 Å². The van der Waals surface area contributed by atoms with E-state index in [9.17, 15) is 5.11 Å². The van der Waals surface area contributed by atoms with Crippen LogP contribution in [0.1, 0.15) is 109 Å². The predicted molar refractivity (Wildman–Crippen MR) is 128 cm³/mol. The fourth-order valence-corrected chi connectivity index (χ4v) is 3.53. The van der Waals surface area contributed by atoms with Gasteiger partial charge in [-0.3, -0.25) is 4.99 Å². The normalized spacial score (nSPS) is 11.4. The Labute approximate surface area is 184 Å². The second-order valence-corrected chi connectivity index (χ2v) is 8.28. The number of aromatic hydroxyl groups is 1. The van der Waals surface area contributed by atoms with Crippen molar-refractivity contribution in [2.75, 3.05) is 19.8 Å². The summed E-state index contributed by atoms with van der Waals surface area (Å²) >= 11 is 0. The van der Waals surface area contributed by atoms with Crippen molar-refractivity contribution in [3.8, 4) is 11.5 Å². The number of hydrogen-bond acceptors (Lipinski definition) is 4. The summed E-state index contributed by atoms with van der Waals surface area (Å²) in [6, 6.07) is 5.34. The maximum absolute atomic E-state index is 10.1. The second-order valence-electron chi connectivity index (χ2n) is 8.28. The molecule has 4 heteroatoms. The van der Waals surface area contributed by atoms with Crippen LogP contribution in [0.25, 0.3) is 0 Å². The van der Waals surface area contributed by atoms with Gasteiger partial charge in [-0.25, -0.2) is 0 Å². The van der Waals surface area contributed by atoms with Crippen LogP contribution in [-0.2, 0) is 0 Å². The van der Waals surface area contributed by atoms with E-state index in [0.717, 1.165) is 6.42 Å². The standard InChI is InChI=1S/C26H45NO3/c1-2-3-4-5-6-7-8-9-10-11-12-13-14-15-21-30-25-18-17-24(26(29)22-25)23-27-19-16-20-28/h17-18,22-23,28-29H,2-16,19-21H2,1H3. The average molecular weight is 420 g/mol. The van der Waals surface area contributed by atoms with Gasteiger partial charge in [0, 0.05) is 31.0 Å². The van der Waals surface area contributed by atoms with Crippen molar-refractivity contribution >= 4 is 6.21 Å². The van der Waals surface area contributed by atoms with Crippen LogP contribution in [0.4, 0.5) is 0 Å². The lowest BCUT2D eigenvalue weighted by Gasteiger charge is -2.08. The molecule has 0 spiro atoms. The third kappa shape index (κ3) is 14.4. The zero-order valence-electron chi connectivity index (χ0n) is 19.3. The Morgan fingerprint density at radius 2 is 1.37 bits per heavy atom. The van der Waals surface area contributed by atoms with Crippen LogP contribution >= 0.6 is 0 Å². The quantitative estimate of drug-likeness (QED) is 0.176. The molecular weight excluding hydrogens is 374 g/mol. The number of unbranched alkanes of at least 4 members (excludes halogenated alkanes) is 13. The number of ether oxygens (including phenoxy) is 1. The molecule has 0 saturated heterocycles. The molecule has 0 fully saturated rings. The lowest BCUT2D eigenvalue weighted by atomic mass is 10.0. The van der Waals surface area contributed by atoms with Crippen molar-refractivity contribution in [2.45, 2.75) is 103 Å². The molecule has 0 aliphatic carbocycles. The number of phenols is 1. The van der Waals surface area contributed by atoms with Crippen molar-refractivity contribution in [2.24, 2.45) is 4.99 Å². The van der Waals surface area contributed by atoms with Gasteiger partial charge in [-0.15, -0.1) is 0 Å². The summed E-state index contributed by atoms with van der Waals surface area (Å²) in [6.45, 7) is 3.67. The first-order valence-electron chi connectivity index (χ1n) is 12.3. The number of aliphatic imine (C=N–C) groups is 1. The Morgan fingerprint density at radius 1 is 0.800 bits per heavy atom. The number of aliphatic hydroxyl groups is 1. The van der Waals surface area contributed by atoms with Gasteiger partial charge in [0.05, 0.1) is 6.61 Å². The molecule has 30 heavy (non-hydrogen) atoms. The molecule has 4 nitrogen and oxygen atoms in total. The molecular formula is C26H45NO3. The summed E-state index contributed by atoms with van der Waals surface area (Å²) in [6.07, 6.45) is 21.2. The maximum atomic E-state index is 10.1. The first-order valence-corrected chi connectivity index (χ1v) is 12.3. The van der Waals surface area contributed by atoms with E-state index in [0.29, 0.717) is 30.9 Å². The topological polar surface area (TPSA) is 62.0 Å². The van der Waals surface area contributed by atoms with Gasteiger partial charge in [-0.2, -0.15) is 0 Å². The van der Waals surface area contributed by atoms with E-state index in [1.807, 2.05) is 12.1 Å². The van der Waals surface area contributed by atoms with Crippen LogP contribution in [0.5, 0.6) is 11.5 Å². The van der Waals surface area contributed by atoms with Crippen LogP contribution in [0.2, 0.25) is 0 Å². The molecule has 0 radical (unpaired) electrons. The Morgan fingerprint density at radius 3 is 1.90 bits per heavy atom. The Bertz CT molecular complexity index is 545. The van der Waals surface area contributed by atoms with Crippen molar-refractivity contribution in [3.63, 3.8) is 0 Å². The van der Waals surface area contributed by atoms with Gasteiger partial charge in [0.2, 0.25) is 0 Å². The van der Waals surface area contributed by atoms with E-state index in [4.69, 9.17) is 9.84 Å². The van der Waals surface area contributed by atoms with Crippen LogP contribution in [-0.4, -0.2) is 36.2 Å². The van der Waals surface area contributed by atoms with Crippen LogP contribution < -0.4 is 4.74 Å². The zero-order valence-corrected chi connectivity index (χ0v) is 19.3. The fourth-order valence-electron chi connectivity index (χ4n) is 3.53. The summed E-state index contributed by atoms with van der Waals surface area (Å²) in [7, 11) is 0. The van der Waals surface area contributed by atoms with Gasteiger partial charge in [-0.05, 0) is 25.0 Å². The summed E-state index contributed by atoms with van der Waals surface area (Å²) < 4.78 is 5.75. The Balaban J connectivity index is 1.95. The predicted octanol–water partition coefficient (Wildman–Crippen LogP) is 7.05. The van der Waals surface area contributed by atoms with Crippen molar-refractivity contribution in [1.82, 2.24) is 0 Å². The molecule has 0 saturated carbocycles. The van der Waals surface area contributed by atoms with Crippen molar-refractivity contribution in [1.29, 1.82) is 0 Å². The lowest BCUT2D eigenvalue weighted by Crippen LogP contribution is -1.98. The molecule has 1 aromatic carbocycles. The molecule has 1 rings (SSSR count). The number of rotatable bonds is 20. The molecule has 0 atom stereocenters. The number of phenolic OH excluding ortho intramolecular Hbond substituents is 1. The molecule has 0 aliphatic rings. The highest BCUT2D eigenvalue weighted by atomic mass is 16.5. The highest BCUT2D eigenvalue weighted by molar-refractivity contribution is 5.83. The second kappa shape index (κ2) is 19.4. The Kier molecular flexibility index (Phi) is 17.1. The van der Waals surface area contributed by atoms with Crippen LogP contribution in [0, 0.1) is 0 Å². The summed E-state index contributed by atoms with van der Waals surface area (Å²) in [4.78, 5) is 4.18. The van der Waals surface area contributed by atoms with Gasteiger partial charge in [0.25, 0.3) is 0 Å². The van der Waals surface area contributed by atoms with Gasteiger partial charge in [-0.1, -0.05) is 90.4 Å². The Hall–Kier alpha value is -1.55. The molecule has 0 aliphatic heterocycles. The third-order valence-corrected chi connectivity index (χ3v) is 5.44. The van der Waals surface area contributed by atoms with E-state index in [1.165, 1.54) is 83.5 Å². The van der Waals surface area contributed by atoms with Gasteiger partial charge < -0.3 is 14.9 Å². The van der Waals surface area contributed by atoms with Crippen LogP contribution in [0.3, 0.4) is 0 Å². The fraction of sp³-hybridized carbons (Fsp3) is 0.731. The largest absolute Gasteiger partial charge is 0.507 e. The molecule has 0 heterocycles. The number of hydrogen-bond donors (Lipinski definition) is 2. The minimum atomic E-state index is 0.134. The van der Waals surface area contributed by atoms with Crippen molar-refractivity contribution < 1.29 is 14.9 Å². The summed E-state index contributed by atoms with van der Waals surface area (Å²) in [5, 5.41) is 18.8. The van der Waals surface area contributed by atoms with Gasteiger partial charge in [0.1, 0.15) is 11.5 Å². The molecule has 172 valence electrons. The lowest BCUT2D eigenvalue weighted by molar-refractivity contribution is 0.291. The minimum absolute atomic E-state index is 0.134. The molecule has 2 N–H and O–H groups in total. The maximum Gasteiger partial charge on any atom is 0.128 e. The SMILES string of the molecule is CCCCCCCCCCCCCCCCOc1ccc(C=NCCCO)c(O)c1. The summed E-state index contributed by atoms with van der Waals surface area (Å²) in [5.74, 6) is 0.885. The highest BCUT2D eigenvalue weighted by Gasteiger charge is 2.02. The smallest absolute Gasteiger partial charge is 0.128 e. The molecule has 0 aromatic heterocycles. The zero-order chi connectivity index (χ0) is 21.7. The molecule has 0 bridgehead atoms. The van der Waals surface area contributed by atoms with Crippen molar-refractivity contribution in [3.05, 3.63) is 23.8 Å². The number of nitrogens with zero attached hydrogens (tertiary/aromatic N) is 1. The first-order chi connectivity index (χ1) is 14.8. The number of benzene rings is 1. The monoisotopic (exact) mass is 419 g/mol. The van der Waals surface area contributed by atoms with Gasteiger partial charge in [0.15, 0.2) is 0 Å². The first kappa shape index (κ1) is 26.5. The van der Waals surface area contributed by atoms with E-state index < -0.39 is 0 Å². The van der Waals surface area contributed by atoms with E-state index in [1.54, 1.807) is 12.3 Å². The minimum Gasteiger partial charge on any atom is -0.507 e. The number of aliphatic hydroxyl groups excluding tert-OH is 1. The van der Waals surface area contributed by atoms with Gasteiger partial charge >= 0.3 is 0 Å². The molecule has 1 aromatic rings. The van der Waals surface area contributed by atoms with E-state index >= 15 is 0 Å².